The molecule has 100 valence electrons. The van der Waals surface area contributed by atoms with Crippen LogP contribution in [0.25, 0.3) is 0 Å². The highest BCUT2D eigenvalue weighted by Crippen LogP contribution is 2.29. The number of anilines is 1. The van der Waals surface area contributed by atoms with E-state index in [1.54, 1.807) is 6.07 Å². The molecule has 8 heteroatoms. The first-order valence-corrected chi connectivity index (χ1v) is 5.20. The summed E-state index contributed by atoms with van der Waals surface area (Å²) in [7, 11) is 1.31. The van der Waals surface area contributed by atoms with Crippen molar-refractivity contribution in [1.82, 2.24) is 14.8 Å². The van der Waals surface area contributed by atoms with Gasteiger partial charge in [-0.1, -0.05) is 0 Å². The molecule has 0 aliphatic heterocycles. The van der Waals surface area contributed by atoms with Crippen molar-refractivity contribution >= 4 is 11.7 Å². The van der Waals surface area contributed by atoms with Gasteiger partial charge in [0.25, 0.3) is 5.91 Å². The lowest BCUT2D eigenvalue weighted by molar-refractivity contribution is -0.141. The smallest absolute Gasteiger partial charge is 0.307 e. The zero-order valence-corrected chi connectivity index (χ0v) is 9.77. The van der Waals surface area contributed by atoms with Crippen molar-refractivity contribution in [2.24, 2.45) is 7.05 Å². The van der Waals surface area contributed by atoms with Gasteiger partial charge in [0.05, 0.1) is 5.56 Å². The van der Waals surface area contributed by atoms with E-state index in [0.29, 0.717) is 0 Å². The summed E-state index contributed by atoms with van der Waals surface area (Å²) in [4.78, 5) is 15.5. The number of nitrogens with one attached hydrogen (secondary N) is 1. The number of nitrogens with zero attached hydrogens (tertiary/aromatic N) is 3. The molecular formula is C11H9F3N4O. The number of amides is 1. The average molecular weight is 270 g/mol. The summed E-state index contributed by atoms with van der Waals surface area (Å²) >= 11 is 0. The van der Waals surface area contributed by atoms with Gasteiger partial charge < -0.3 is 5.32 Å². The number of carbonyl (C=O) groups excluding carboxylic acids is 1. The van der Waals surface area contributed by atoms with Crippen LogP contribution in [0.4, 0.5) is 19.0 Å². The number of rotatable bonds is 2. The molecule has 0 atom stereocenters. The van der Waals surface area contributed by atoms with Gasteiger partial charge in [-0.25, -0.2) is 0 Å². The Bertz CT molecular complexity index is 592. The lowest BCUT2D eigenvalue weighted by Gasteiger charge is -2.04. The number of hydrogen-bond donors (Lipinski definition) is 1. The van der Waals surface area contributed by atoms with Crippen LogP contribution in [0.15, 0.2) is 30.6 Å². The van der Waals surface area contributed by atoms with Gasteiger partial charge in [-0.3, -0.25) is 14.5 Å². The van der Waals surface area contributed by atoms with Crippen molar-refractivity contribution in [2.75, 3.05) is 5.32 Å². The zero-order chi connectivity index (χ0) is 14.0. The summed E-state index contributed by atoms with van der Waals surface area (Å²) in [6.07, 6.45) is -1.74. The number of aromatic nitrogens is 3. The van der Waals surface area contributed by atoms with E-state index in [0.717, 1.165) is 10.7 Å². The Balaban J connectivity index is 2.21. The maximum absolute atomic E-state index is 12.4. The van der Waals surface area contributed by atoms with Crippen molar-refractivity contribution in [2.45, 2.75) is 6.18 Å². The second kappa shape index (κ2) is 4.71. The molecule has 1 N–H and O–H groups in total. The molecule has 2 aromatic rings. The van der Waals surface area contributed by atoms with E-state index in [-0.39, 0.29) is 11.4 Å². The van der Waals surface area contributed by atoms with Crippen LogP contribution in [0.1, 0.15) is 16.1 Å². The van der Waals surface area contributed by atoms with Gasteiger partial charge in [0.15, 0.2) is 5.69 Å². The molecule has 0 spiro atoms. The summed E-state index contributed by atoms with van der Waals surface area (Å²) in [5.74, 6) is -0.592. The third-order valence-electron chi connectivity index (χ3n) is 2.34. The molecule has 1 amide bonds. The molecule has 0 saturated carbocycles. The van der Waals surface area contributed by atoms with E-state index in [1.807, 2.05) is 0 Å². The molecule has 2 heterocycles. The van der Waals surface area contributed by atoms with Crippen LogP contribution >= 0.6 is 0 Å². The lowest BCUT2D eigenvalue weighted by Crippen LogP contribution is -2.14. The van der Waals surface area contributed by atoms with Crippen LogP contribution in [0.5, 0.6) is 0 Å². The first-order chi connectivity index (χ1) is 8.88. The monoisotopic (exact) mass is 270 g/mol. The molecule has 0 fully saturated rings. The predicted octanol–water partition coefficient (Wildman–Crippen LogP) is 2.09. The minimum Gasteiger partial charge on any atom is -0.307 e. The van der Waals surface area contributed by atoms with E-state index in [1.165, 1.54) is 25.5 Å². The SMILES string of the molecule is Cn1nc(C(F)(F)F)cc1NC(=O)c1cccnc1. The van der Waals surface area contributed by atoms with E-state index in [2.05, 4.69) is 15.4 Å². The van der Waals surface area contributed by atoms with Gasteiger partial charge in [-0.15, -0.1) is 0 Å². The molecule has 0 unspecified atom stereocenters. The summed E-state index contributed by atoms with van der Waals surface area (Å²) < 4.78 is 38.3. The van der Waals surface area contributed by atoms with Crippen LogP contribution in [-0.4, -0.2) is 20.7 Å². The lowest BCUT2D eigenvalue weighted by atomic mass is 10.3. The van der Waals surface area contributed by atoms with Crippen molar-refractivity contribution in [3.63, 3.8) is 0 Å². The summed E-state index contributed by atoms with van der Waals surface area (Å²) in [6.45, 7) is 0. The third kappa shape index (κ3) is 2.90. The molecular weight excluding hydrogens is 261 g/mol. The highest BCUT2D eigenvalue weighted by molar-refractivity contribution is 6.03. The van der Waals surface area contributed by atoms with Crippen LogP contribution in [0, 0.1) is 0 Å². The van der Waals surface area contributed by atoms with E-state index >= 15 is 0 Å². The Labute approximate surface area is 106 Å². The Kier molecular flexibility index (Phi) is 3.24. The second-order valence-corrected chi connectivity index (χ2v) is 3.73. The van der Waals surface area contributed by atoms with Gasteiger partial charge in [-0.2, -0.15) is 18.3 Å². The van der Waals surface area contributed by atoms with Crippen LogP contribution in [-0.2, 0) is 13.2 Å². The normalized spacial score (nSPS) is 11.4. The number of hydrogen-bond acceptors (Lipinski definition) is 3. The molecule has 0 bridgehead atoms. The Hall–Kier alpha value is -2.38. The average Bonchev–Trinajstić information content (AvgIpc) is 2.72. The van der Waals surface area contributed by atoms with E-state index in [4.69, 9.17) is 0 Å². The molecule has 19 heavy (non-hydrogen) atoms. The quantitative estimate of drug-likeness (QED) is 0.909. The van der Waals surface area contributed by atoms with Gasteiger partial charge >= 0.3 is 6.18 Å². The van der Waals surface area contributed by atoms with Gasteiger partial charge in [0.2, 0.25) is 0 Å². The minimum absolute atomic E-state index is 0.0406. The molecule has 0 aliphatic rings. The molecule has 0 aromatic carbocycles. The van der Waals surface area contributed by atoms with Crippen LogP contribution < -0.4 is 5.32 Å². The number of aryl methyl sites for hydroxylation is 1. The van der Waals surface area contributed by atoms with Gasteiger partial charge in [0.1, 0.15) is 5.82 Å². The summed E-state index contributed by atoms with van der Waals surface area (Å²) in [6, 6.07) is 3.83. The fourth-order valence-corrected chi connectivity index (χ4v) is 1.41. The summed E-state index contributed by atoms with van der Waals surface area (Å²) in [5.41, 5.74) is -0.811. The molecule has 0 aliphatic carbocycles. The largest absolute Gasteiger partial charge is 0.435 e. The van der Waals surface area contributed by atoms with Gasteiger partial charge in [0, 0.05) is 25.5 Å². The van der Waals surface area contributed by atoms with Crippen LogP contribution in [0.2, 0.25) is 0 Å². The third-order valence-corrected chi connectivity index (χ3v) is 2.34. The molecule has 0 saturated heterocycles. The first kappa shape index (κ1) is 13.1. The fourth-order valence-electron chi connectivity index (χ4n) is 1.41. The molecule has 5 nitrogen and oxygen atoms in total. The van der Waals surface area contributed by atoms with Gasteiger partial charge in [-0.05, 0) is 12.1 Å². The standard InChI is InChI=1S/C11H9F3N4O/c1-18-9(5-8(17-18)11(12,13)14)16-10(19)7-3-2-4-15-6-7/h2-6H,1H3,(H,16,19). The zero-order valence-electron chi connectivity index (χ0n) is 9.77. The maximum atomic E-state index is 12.4. The first-order valence-electron chi connectivity index (χ1n) is 5.20. The highest BCUT2D eigenvalue weighted by atomic mass is 19.4. The topological polar surface area (TPSA) is 59.8 Å². The Morgan fingerprint density at radius 3 is 2.68 bits per heavy atom. The van der Waals surface area contributed by atoms with Crippen LogP contribution in [0.3, 0.4) is 0 Å². The molecule has 2 aromatic heterocycles. The van der Waals surface area contributed by atoms with Crippen molar-refractivity contribution < 1.29 is 18.0 Å². The van der Waals surface area contributed by atoms with E-state index in [9.17, 15) is 18.0 Å². The molecule has 0 radical (unpaired) electrons. The number of halogens is 3. The van der Waals surface area contributed by atoms with Crippen molar-refractivity contribution in [3.8, 4) is 0 Å². The number of carbonyl (C=O) groups is 1. The maximum Gasteiger partial charge on any atom is 0.435 e. The number of alkyl halides is 3. The van der Waals surface area contributed by atoms with Crippen molar-refractivity contribution in [1.29, 1.82) is 0 Å². The van der Waals surface area contributed by atoms with Crippen molar-refractivity contribution in [3.05, 3.63) is 41.9 Å². The molecule has 2 rings (SSSR count). The summed E-state index contributed by atoms with van der Waals surface area (Å²) in [5, 5.41) is 5.63. The Morgan fingerprint density at radius 2 is 2.16 bits per heavy atom. The van der Waals surface area contributed by atoms with E-state index < -0.39 is 17.8 Å². The second-order valence-electron chi connectivity index (χ2n) is 3.73. The fraction of sp³-hybridized carbons (Fsp3) is 0.182. The highest BCUT2D eigenvalue weighted by Gasteiger charge is 2.34. The Morgan fingerprint density at radius 1 is 1.42 bits per heavy atom. The minimum atomic E-state index is -4.55. The number of pyridine rings is 1. The predicted molar refractivity (Wildman–Crippen MR) is 60.4 cm³/mol.